The van der Waals surface area contributed by atoms with E-state index in [0.717, 1.165) is 29.7 Å². The molecule has 2 N–H and O–H groups in total. The van der Waals surface area contributed by atoms with Gasteiger partial charge >= 0.3 is 0 Å². The molecule has 0 saturated carbocycles. The molecule has 1 aliphatic rings. The number of rotatable bonds is 6. The first-order valence-corrected chi connectivity index (χ1v) is 10.6. The highest BCUT2D eigenvalue weighted by Crippen LogP contribution is 2.29. The zero-order valence-corrected chi connectivity index (χ0v) is 18.3. The van der Waals surface area contributed by atoms with Crippen molar-refractivity contribution in [2.24, 2.45) is 0 Å². The first-order valence-electron chi connectivity index (χ1n) is 10.6. The molecule has 0 aliphatic carbocycles. The maximum Gasteiger partial charge on any atom is 0.263 e. The summed E-state index contributed by atoms with van der Waals surface area (Å²) in [6, 6.07) is 8.19. The molecule has 1 saturated heterocycles. The number of hydrogen-bond donors (Lipinski definition) is 2. The van der Waals surface area contributed by atoms with E-state index in [1.54, 1.807) is 19.2 Å². The number of aromatic nitrogens is 3. The average Bonchev–Trinajstić information content (AvgIpc) is 3.21. The van der Waals surface area contributed by atoms with E-state index in [0.29, 0.717) is 23.7 Å². The first kappa shape index (κ1) is 21.9. The zero-order chi connectivity index (χ0) is 22.8. The quantitative estimate of drug-likeness (QED) is 0.599. The number of pyridine rings is 1. The second kappa shape index (κ2) is 9.02. The lowest BCUT2D eigenvalue weighted by Crippen LogP contribution is -2.35. The second-order valence-electron chi connectivity index (χ2n) is 8.15. The van der Waals surface area contributed by atoms with Crippen molar-refractivity contribution in [3.8, 4) is 0 Å². The minimum atomic E-state index is -2.51. The highest BCUT2D eigenvalue weighted by Gasteiger charge is 2.24. The Balaban J connectivity index is 1.62. The summed E-state index contributed by atoms with van der Waals surface area (Å²) >= 11 is 0. The molecule has 2 atom stereocenters. The fourth-order valence-electron chi connectivity index (χ4n) is 4.05. The van der Waals surface area contributed by atoms with Gasteiger partial charge in [-0.3, -0.25) is 4.79 Å². The summed E-state index contributed by atoms with van der Waals surface area (Å²) in [5.74, 6) is 1.97. The van der Waals surface area contributed by atoms with Crippen LogP contribution in [0.1, 0.15) is 49.7 Å². The number of nitrogens with zero attached hydrogens (tertiary/aromatic N) is 4. The van der Waals surface area contributed by atoms with Gasteiger partial charge in [0.25, 0.3) is 6.43 Å². The molecule has 0 radical (unpaired) electrons. The third-order valence-corrected chi connectivity index (χ3v) is 5.61. The first-order chi connectivity index (χ1) is 15.3. The number of aryl methyl sites for hydroxylation is 1. The monoisotopic (exact) mass is 440 g/mol. The van der Waals surface area contributed by atoms with Crippen molar-refractivity contribution in [3.05, 3.63) is 53.5 Å². The molecule has 0 unspecified atom stereocenters. The smallest absolute Gasteiger partial charge is 0.263 e. The minimum Gasteiger partial charge on any atom is -0.363 e. The summed E-state index contributed by atoms with van der Waals surface area (Å²) in [5, 5.41) is 7.12. The van der Waals surface area contributed by atoms with Gasteiger partial charge in [-0.25, -0.2) is 23.7 Å². The molecule has 3 heterocycles. The van der Waals surface area contributed by atoms with Crippen LogP contribution < -0.4 is 15.5 Å². The van der Waals surface area contributed by atoms with Crippen molar-refractivity contribution in [2.45, 2.75) is 45.7 Å². The van der Waals surface area contributed by atoms with Crippen LogP contribution in [0.15, 0.2) is 36.5 Å². The van der Waals surface area contributed by atoms with Gasteiger partial charge in [0.15, 0.2) is 0 Å². The molecule has 2 aromatic heterocycles. The van der Waals surface area contributed by atoms with Crippen LogP contribution in [-0.2, 0) is 4.79 Å². The summed E-state index contributed by atoms with van der Waals surface area (Å²) in [6.07, 6.45) is 0.0599. The Labute approximate surface area is 185 Å². The summed E-state index contributed by atoms with van der Waals surface area (Å²) in [5.41, 5.74) is 1.45. The number of carbonyl (C=O) groups is 1. The molecule has 7 nitrogen and oxygen atoms in total. The van der Waals surface area contributed by atoms with Gasteiger partial charge in [-0.15, -0.1) is 0 Å². The molecule has 1 aromatic carbocycles. The number of halogens is 2. The van der Waals surface area contributed by atoms with Crippen molar-refractivity contribution >= 4 is 28.4 Å². The molecule has 1 amide bonds. The number of benzene rings is 1. The summed E-state index contributed by atoms with van der Waals surface area (Å²) in [6.45, 7) is 6.71. The van der Waals surface area contributed by atoms with Gasteiger partial charge in [0.05, 0.1) is 11.7 Å². The Morgan fingerprint density at radius 3 is 2.75 bits per heavy atom. The predicted molar refractivity (Wildman–Crippen MR) is 120 cm³/mol. The number of amides is 1. The third kappa shape index (κ3) is 4.76. The maximum absolute atomic E-state index is 13.1. The van der Waals surface area contributed by atoms with E-state index in [1.165, 1.54) is 19.1 Å². The maximum atomic E-state index is 13.1. The topological polar surface area (TPSA) is 83.0 Å². The molecule has 4 rings (SSSR count). The summed E-state index contributed by atoms with van der Waals surface area (Å²) in [7, 11) is 0. The van der Waals surface area contributed by atoms with Crippen LogP contribution >= 0.6 is 0 Å². The predicted octanol–water partition coefficient (Wildman–Crippen LogP) is 4.16. The number of nitrogens with one attached hydrogen (secondary N) is 2. The van der Waals surface area contributed by atoms with Crippen LogP contribution in [0.5, 0.6) is 0 Å². The van der Waals surface area contributed by atoms with Gasteiger partial charge in [0.2, 0.25) is 5.91 Å². The Hall–Kier alpha value is -3.36. The average molecular weight is 440 g/mol. The standard InChI is InChI=1S/C23H26F2N6O/c1-13(16-5-4-6-17(9-16)22(24)25)27-23-19-10-21(26-11-20(19)28-14(2)29-23)31-8-7-18(12-31)30-15(3)32/h4-6,9-11,13,18,22H,7-8,12H2,1-3H3,(H,30,32)(H,27,28,29)/t13-,18-/m1/s1. The van der Waals surface area contributed by atoms with Crippen molar-refractivity contribution in [2.75, 3.05) is 23.3 Å². The van der Waals surface area contributed by atoms with Gasteiger partial charge < -0.3 is 15.5 Å². The van der Waals surface area contributed by atoms with Crippen molar-refractivity contribution in [3.63, 3.8) is 0 Å². The van der Waals surface area contributed by atoms with Crippen LogP contribution in [-0.4, -0.2) is 40.0 Å². The lowest BCUT2D eigenvalue weighted by Gasteiger charge is -2.20. The Kier molecular flexibility index (Phi) is 6.16. The molecule has 0 spiro atoms. The van der Waals surface area contributed by atoms with E-state index in [9.17, 15) is 13.6 Å². The highest BCUT2D eigenvalue weighted by molar-refractivity contribution is 5.90. The molecule has 3 aromatic rings. The van der Waals surface area contributed by atoms with E-state index in [4.69, 9.17) is 0 Å². The third-order valence-electron chi connectivity index (χ3n) is 5.61. The van der Waals surface area contributed by atoms with E-state index in [-0.39, 0.29) is 23.6 Å². The van der Waals surface area contributed by atoms with Crippen LogP contribution in [0.25, 0.3) is 10.9 Å². The lowest BCUT2D eigenvalue weighted by atomic mass is 10.1. The molecule has 0 bridgehead atoms. The van der Waals surface area contributed by atoms with E-state index in [2.05, 4.69) is 30.5 Å². The summed E-state index contributed by atoms with van der Waals surface area (Å²) in [4.78, 5) is 27.1. The van der Waals surface area contributed by atoms with E-state index in [1.807, 2.05) is 19.1 Å². The number of anilines is 2. The fourth-order valence-corrected chi connectivity index (χ4v) is 4.05. The largest absolute Gasteiger partial charge is 0.363 e. The van der Waals surface area contributed by atoms with Crippen molar-refractivity contribution in [1.82, 2.24) is 20.3 Å². The molecule has 9 heteroatoms. The number of fused-ring (bicyclic) bond motifs is 1. The van der Waals surface area contributed by atoms with Crippen LogP contribution in [0.4, 0.5) is 20.4 Å². The molecular formula is C23H26F2N6O. The van der Waals surface area contributed by atoms with Gasteiger partial charge in [-0.1, -0.05) is 18.2 Å². The molecule has 1 aliphatic heterocycles. The van der Waals surface area contributed by atoms with Crippen molar-refractivity contribution in [1.29, 1.82) is 0 Å². The SMILES string of the molecule is CC(=O)N[C@@H]1CCN(c2cc3c(N[C@H](C)c4cccc(C(F)F)c4)nc(C)nc3cn2)C1. The van der Waals surface area contributed by atoms with Gasteiger partial charge in [0.1, 0.15) is 17.5 Å². The lowest BCUT2D eigenvalue weighted by molar-refractivity contribution is -0.119. The van der Waals surface area contributed by atoms with Gasteiger partial charge in [-0.2, -0.15) is 0 Å². The molecule has 1 fully saturated rings. The van der Waals surface area contributed by atoms with Gasteiger partial charge in [-0.05, 0) is 38.0 Å². The molecule has 32 heavy (non-hydrogen) atoms. The normalized spacial score (nSPS) is 17.1. The Morgan fingerprint density at radius 1 is 1.22 bits per heavy atom. The Morgan fingerprint density at radius 2 is 2.00 bits per heavy atom. The van der Waals surface area contributed by atoms with Crippen molar-refractivity contribution < 1.29 is 13.6 Å². The molecule has 168 valence electrons. The zero-order valence-electron chi connectivity index (χ0n) is 18.3. The van der Waals surface area contributed by atoms with E-state index < -0.39 is 6.43 Å². The van der Waals surface area contributed by atoms with E-state index >= 15 is 0 Å². The number of carbonyl (C=O) groups excluding carboxylic acids is 1. The highest BCUT2D eigenvalue weighted by atomic mass is 19.3. The van der Waals surface area contributed by atoms with Gasteiger partial charge in [0, 0.05) is 43.0 Å². The fraction of sp³-hybridized carbons (Fsp3) is 0.391. The number of hydrogen-bond acceptors (Lipinski definition) is 6. The summed E-state index contributed by atoms with van der Waals surface area (Å²) < 4.78 is 26.2. The van der Waals surface area contributed by atoms with Crippen LogP contribution in [0, 0.1) is 6.92 Å². The number of alkyl halides is 2. The Bertz CT molecular complexity index is 1140. The van der Waals surface area contributed by atoms with Crippen LogP contribution in [0.3, 0.4) is 0 Å². The van der Waals surface area contributed by atoms with Crippen LogP contribution in [0.2, 0.25) is 0 Å². The molecular weight excluding hydrogens is 414 g/mol. The minimum absolute atomic E-state index is 0.00544. The second-order valence-corrected chi connectivity index (χ2v) is 8.15.